The first-order chi connectivity index (χ1) is 8.91. The lowest BCUT2D eigenvalue weighted by Gasteiger charge is -2.34. The number of aryl methyl sites for hydroxylation is 2. The number of rotatable bonds is 3. The molecule has 1 aromatic rings. The summed E-state index contributed by atoms with van der Waals surface area (Å²) in [5, 5.41) is 0. The second-order valence-electron chi connectivity index (χ2n) is 6.51. The maximum Gasteiger partial charge on any atom is 0.127 e. The van der Waals surface area contributed by atoms with E-state index in [2.05, 4.69) is 18.8 Å². The van der Waals surface area contributed by atoms with E-state index >= 15 is 0 Å². The molecule has 0 bridgehead atoms. The number of aromatic nitrogens is 1. The topological polar surface area (TPSA) is 48.1 Å². The van der Waals surface area contributed by atoms with Gasteiger partial charge in [-0.15, -0.1) is 0 Å². The number of hydrogen-bond acceptors (Lipinski definition) is 3. The van der Waals surface area contributed by atoms with Crippen LogP contribution in [0.1, 0.15) is 56.5 Å². The molecule has 0 spiro atoms. The van der Waals surface area contributed by atoms with Crippen molar-refractivity contribution in [3.05, 3.63) is 23.0 Å². The smallest absolute Gasteiger partial charge is 0.127 e. The standard InChI is InChI=1S/C16H26N2O/c1-11-9-15(14(10-17)12(2)18-11)19-13-5-7-16(3,4)8-6-13/h9,13H,5-8,10,17H2,1-4H3. The van der Waals surface area contributed by atoms with E-state index in [9.17, 15) is 0 Å². The van der Waals surface area contributed by atoms with Gasteiger partial charge >= 0.3 is 0 Å². The molecule has 0 aliphatic heterocycles. The van der Waals surface area contributed by atoms with E-state index < -0.39 is 0 Å². The van der Waals surface area contributed by atoms with Gasteiger partial charge in [-0.3, -0.25) is 4.98 Å². The van der Waals surface area contributed by atoms with Crippen LogP contribution in [0.25, 0.3) is 0 Å². The molecule has 0 unspecified atom stereocenters. The van der Waals surface area contributed by atoms with Crippen LogP contribution in [0.4, 0.5) is 0 Å². The van der Waals surface area contributed by atoms with Gasteiger partial charge in [0.25, 0.3) is 0 Å². The van der Waals surface area contributed by atoms with Crippen LogP contribution in [0.3, 0.4) is 0 Å². The number of hydrogen-bond donors (Lipinski definition) is 1. The maximum atomic E-state index is 6.21. The van der Waals surface area contributed by atoms with Gasteiger partial charge in [-0.25, -0.2) is 0 Å². The first-order valence-corrected chi connectivity index (χ1v) is 7.25. The average Bonchev–Trinajstić information content (AvgIpc) is 2.31. The van der Waals surface area contributed by atoms with Gasteiger partial charge < -0.3 is 10.5 Å². The molecule has 0 radical (unpaired) electrons. The molecule has 0 aromatic carbocycles. The molecule has 1 aromatic heterocycles. The van der Waals surface area contributed by atoms with Crippen LogP contribution in [-0.2, 0) is 6.54 Å². The molecule has 19 heavy (non-hydrogen) atoms. The monoisotopic (exact) mass is 262 g/mol. The Labute approximate surface area is 116 Å². The van der Waals surface area contributed by atoms with Gasteiger partial charge in [0.15, 0.2) is 0 Å². The van der Waals surface area contributed by atoms with Crippen LogP contribution in [0.2, 0.25) is 0 Å². The fraction of sp³-hybridized carbons (Fsp3) is 0.688. The highest BCUT2D eigenvalue weighted by Crippen LogP contribution is 2.37. The van der Waals surface area contributed by atoms with Crippen LogP contribution in [-0.4, -0.2) is 11.1 Å². The van der Waals surface area contributed by atoms with E-state index in [1.54, 1.807) is 0 Å². The third kappa shape index (κ3) is 3.47. The fourth-order valence-electron chi connectivity index (χ4n) is 2.84. The molecule has 106 valence electrons. The minimum atomic E-state index is 0.333. The van der Waals surface area contributed by atoms with Crippen molar-refractivity contribution in [2.75, 3.05) is 0 Å². The first kappa shape index (κ1) is 14.3. The fourth-order valence-corrected chi connectivity index (χ4v) is 2.84. The summed E-state index contributed by atoms with van der Waals surface area (Å²) >= 11 is 0. The Morgan fingerprint density at radius 2 is 1.95 bits per heavy atom. The molecular formula is C16H26N2O. The first-order valence-electron chi connectivity index (χ1n) is 7.25. The van der Waals surface area contributed by atoms with Crippen molar-refractivity contribution < 1.29 is 4.74 Å². The molecule has 0 atom stereocenters. The molecule has 1 aliphatic carbocycles. The Bertz CT molecular complexity index is 444. The maximum absolute atomic E-state index is 6.21. The van der Waals surface area contributed by atoms with Gasteiger partial charge in [-0.05, 0) is 44.9 Å². The van der Waals surface area contributed by atoms with Gasteiger partial charge in [-0.1, -0.05) is 13.8 Å². The van der Waals surface area contributed by atoms with Crippen molar-refractivity contribution in [1.29, 1.82) is 0 Å². The molecule has 0 saturated heterocycles. The number of ether oxygens (including phenoxy) is 1. The SMILES string of the molecule is Cc1cc(OC2CCC(C)(C)CC2)c(CN)c(C)n1. The molecule has 2 N–H and O–H groups in total. The second kappa shape index (κ2) is 5.49. The Morgan fingerprint density at radius 3 is 2.53 bits per heavy atom. The zero-order valence-corrected chi connectivity index (χ0v) is 12.6. The third-order valence-corrected chi connectivity index (χ3v) is 4.20. The second-order valence-corrected chi connectivity index (χ2v) is 6.51. The predicted molar refractivity (Wildman–Crippen MR) is 78.3 cm³/mol. The third-order valence-electron chi connectivity index (χ3n) is 4.20. The van der Waals surface area contributed by atoms with Crippen LogP contribution in [0.15, 0.2) is 6.07 Å². The Hall–Kier alpha value is -1.09. The molecular weight excluding hydrogens is 236 g/mol. The Balaban J connectivity index is 2.11. The summed E-state index contributed by atoms with van der Waals surface area (Å²) in [5.41, 5.74) is 9.35. The van der Waals surface area contributed by atoms with E-state index in [1.165, 1.54) is 12.8 Å². The van der Waals surface area contributed by atoms with Crippen LogP contribution < -0.4 is 10.5 Å². The molecule has 2 rings (SSSR count). The van der Waals surface area contributed by atoms with Gasteiger partial charge in [-0.2, -0.15) is 0 Å². The van der Waals surface area contributed by atoms with Crippen LogP contribution in [0, 0.1) is 19.3 Å². The summed E-state index contributed by atoms with van der Waals surface area (Å²) in [6, 6.07) is 2.02. The number of nitrogens with two attached hydrogens (primary N) is 1. The lowest BCUT2D eigenvalue weighted by Crippen LogP contribution is -2.28. The number of pyridine rings is 1. The average molecular weight is 262 g/mol. The predicted octanol–water partition coefficient (Wildman–Crippen LogP) is 3.50. The van der Waals surface area contributed by atoms with E-state index in [0.29, 0.717) is 18.1 Å². The summed E-state index contributed by atoms with van der Waals surface area (Å²) in [7, 11) is 0. The molecule has 1 saturated carbocycles. The molecule has 3 heteroatoms. The quantitative estimate of drug-likeness (QED) is 0.907. The minimum Gasteiger partial charge on any atom is -0.490 e. The highest BCUT2D eigenvalue weighted by molar-refractivity contribution is 5.37. The molecule has 3 nitrogen and oxygen atoms in total. The molecule has 1 heterocycles. The largest absolute Gasteiger partial charge is 0.490 e. The van der Waals surface area contributed by atoms with Crippen molar-refractivity contribution in [1.82, 2.24) is 4.98 Å². The van der Waals surface area contributed by atoms with E-state index in [-0.39, 0.29) is 0 Å². The van der Waals surface area contributed by atoms with Crippen molar-refractivity contribution >= 4 is 0 Å². The summed E-state index contributed by atoms with van der Waals surface area (Å²) in [6.45, 7) is 9.19. The van der Waals surface area contributed by atoms with Crippen molar-refractivity contribution in [2.45, 2.75) is 66.0 Å². The Kier molecular flexibility index (Phi) is 4.14. The molecule has 1 aliphatic rings. The van der Waals surface area contributed by atoms with E-state index in [4.69, 9.17) is 10.5 Å². The zero-order chi connectivity index (χ0) is 14.0. The van der Waals surface area contributed by atoms with Crippen LogP contribution in [0.5, 0.6) is 5.75 Å². The highest BCUT2D eigenvalue weighted by Gasteiger charge is 2.28. The lowest BCUT2D eigenvalue weighted by molar-refractivity contribution is 0.0977. The minimum absolute atomic E-state index is 0.333. The molecule has 0 amide bonds. The normalized spacial score (nSPS) is 19.4. The van der Waals surface area contributed by atoms with Crippen molar-refractivity contribution in [3.8, 4) is 5.75 Å². The molecule has 1 fully saturated rings. The summed E-state index contributed by atoms with van der Waals surface area (Å²) in [5.74, 6) is 0.942. The number of nitrogens with zero attached hydrogens (tertiary/aromatic N) is 1. The zero-order valence-electron chi connectivity index (χ0n) is 12.6. The van der Waals surface area contributed by atoms with Crippen molar-refractivity contribution in [2.24, 2.45) is 11.1 Å². The van der Waals surface area contributed by atoms with E-state index in [0.717, 1.165) is 35.5 Å². The summed E-state index contributed by atoms with van der Waals surface area (Å²) in [6.07, 6.45) is 5.08. The Morgan fingerprint density at radius 1 is 1.32 bits per heavy atom. The van der Waals surface area contributed by atoms with Gasteiger partial charge in [0.05, 0.1) is 6.10 Å². The highest BCUT2D eigenvalue weighted by atomic mass is 16.5. The summed E-state index contributed by atoms with van der Waals surface area (Å²) in [4.78, 5) is 4.46. The lowest BCUT2D eigenvalue weighted by atomic mass is 9.76. The summed E-state index contributed by atoms with van der Waals surface area (Å²) < 4.78 is 6.21. The van der Waals surface area contributed by atoms with Gasteiger partial charge in [0, 0.05) is 29.6 Å². The van der Waals surface area contributed by atoms with Gasteiger partial charge in [0.2, 0.25) is 0 Å². The van der Waals surface area contributed by atoms with Crippen LogP contribution >= 0.6 is 0 Å². The van der Waals surface area contributed by atoms with E-state index in [1.807, 2.05) is 19.9 Å². The van der Waals surface area contributed by atoms with Gasteiger partial charge in [0.1, 0.15) is 5.75 Å². The van der Waals surface area contributed by atoms with Crippen molar-refractivity contribution in [3.63, 3.8) is 0 Å².